The molecular weight excluding hydrogens is 422 g/mol. The quantitative estimate of drug-likeness (QED) is 0.628. The number of ether oxygens (including phenoxy) is 2. The van der Waals surface area contributed by atoms with Gasteiger partial charge in [-0.1, -0.05) is 23.8 Å². The van der Waals surface area contributed by atoms with Crippen LogP contribution in [0.3, 0.4) is 0 Å². The third-order valence-corrected chi connectivity index (χ3v) is 5.42. The summed E-state index contributed by atoms with van der Waals surface area (Å²) in [5.41, 5.74) is 9.04. The lowest BCUT2D eigenvalue weighted by molar-refractivity contribution is 0.0728. The number of carbonyl (C=O) groups is 1. The topological polar surface area (TPSA) is 132 Å². The third kappa shape index (κ3) is 4.10. The zero-order valence-corrected chi connectivity index (χ0v) is 19.2. The first kappa shape index (κ1) is 22.2. The van der Waals surface area contributed by atoms with Gasteiger partial charge in [-0.15, -0.1) is 5.10 Å². The van der Waals surface area contributed by atoms with Crippen LogP contribution in [0.25, 0.3) is 11.3 Å². The Morgan fingerprint density at radius 1 is 1.27 bits per heavy atom. The van der Waals surface area contributed by atoms with Crippen molar-refractivity contribution in [2.75, 3.05) is 26.4 Å². The van der Waals surface area contributed by atoms with E-state index in [0.29, 0.717) is 28.9 Å². The fourth-order valence-corrected chi connectivity index (χ4v) is 3.82. The average Bonchev–Trinajstić information content (AvgIpc) is 3.08. The molecule has 1 aliphatic rings. The van der Waals surface area contributed by atoms with Crippen LogP contribution in [-0.4, -0.2) is 57.2 Å². The molecule has 33 heavy (non-hydrogen) atoms. The number of aryl methyl sites for hydroxylation is 2. The van der Waals surface area contributed by atoms with Crippen LogP contribution in [0.15, 0.2) is 24.4 Å². The van der Waals surface area contributed by atoms with Crippen LogP contribution in [0, 0.1) is 18.3 Å². The van der Waals surface area contributed by atoms with Crippen molar-refractivity contribution in [1.82, 2.24) is 24.6 Å². The number of nitrogens with zero attached hydrogens (tertiary/aromatic N) is 6. The minimum absolute atomic E-state index is 0.0959. The second kappa shape index (κ2) is 8.52. The lowest BCUT2D eigenvalue weighted by atomic mass is 9.95. The van der Waals surface area contributed by atoms with Gasteiger partial charge in [0.05, 0.1) is 6.20 Å². The molecule has 0 amide bonds. The molecule has 1 aromatic carbocycles. The van der Waals surface area contributed by atoms with Gasteiger partial charge >= 0.3 is 0 Å². The molecule has 0 fully saturated rings. The van der Waals surface area contributed by atoms with Gasteiger partial charge in [-0.05, 0) is 27.9 Å². The lowest BCUT2D eigenvalue weighted by Gasteiger charge is -2.24. The van der Waals surface area contributed by atoms with Crippen molar-refractivity contribution in [2.24, 2.45) is 7.05 Å². The van der Waals surface area contributed by atoms with Gasteiger partial charge < -0.3 is 20.1 Å². The second-order valence-electron chi connectivity index (χ2n) is 8.29. The molecule has 10 nitrogen and oxygen atoms in total. The van der Waals surface area contributed by atoms with Crippen LogP contribution in [-0.2, 0) is 7.05 Å². The van der Waals surface area contributed by atoms with E-state index in [4.69, 9.17) is 15.2 Å². The standard InChI is InChI=1S/C23H25N7O3/c1-12-6-7-14-15(8-12)13(2)32-23-21(25)26-10-16(27-23)19-17(9-24)30(5)28-22(19)33-18(20(14)31)11-29(3)4/h6-8,10,13,18H,11H2,1-5H3,(H2,25,26)/t13-,18?/m1/s1. The van der Waals surface area contributed by atoms with Gasteiger partial charge in [0.1, 0.15) is 23.4 Å². The Labute approximate surface area is 191 Å². The van der Waals surface area contributed by atoms with Gasteiger partial charge in [0.2, 0.25) is 11.7 Å². The summed E-state index contributed by atoms with van der Waals surface area (Å²) >= 11 is 0. The highest BCUT2D eigenvalue weighted by molar-refractivity contribution is 6.01. The number of anilines is 1. The van der Waals surface area contributed by atoms with Crippen LogP contribution < -0.4 is 15.2 Å². The summed E-state index contributed by atoms with van der Waals surface area (Å²) < 4.78 is 13.7. The minimum atomic E-state index is -0.880. The SMILES string of the molecule is Cc1ccc2c(c1)[C@@H](C)Oc1nc(cnc1N)-c1c(nn(C)c1C#N)OC(CN(C)C)C2=O. The Morgan fingerprint density at radius 2 is 2.03 bits per heavy atom. The largest absolute Gasteiger partial charge is 0.467 e. The average molecular weight is 447 g/mol. The highest BCUT2D eigenvalue weighted by atomic mass is 16.5. The monoisotopic (exact) mass is 447 g/mol. The maximum absolute atomic E-state index is 13.7. The second-order valence-corrected chi connectivity index (χ2v) is 8.29. The highest BCUT2D eigenvalue weighted by Gasteiger charge is 2.32. The van der Waals surface area contributed by atoms with E-state index < -0.39 is 12.2 Å². The molecule has 2 aromatic heterocycles. The highest BCUT2D eigenvalue weighted by Crippen LogP contribution is 2.36. The predicted octanol–water partition coefficient (Wildman–Crippen LogP) is 2.28. The van der Waals surface area contributed by atoms with Crippen LogP contribution in [0.4, 0.5) is 5.82 Å². The van der Waals surface area contributed by atoms with Crippen molar-refractivity contribution in [3.63, 3.8) is 0 Å². The summed E-state index contributed by atoms with van der Waals surface area (Å²) in [6, 6.07) is 7.67. The molecule has 0 saturated carbocycles. The van der Waals surface area contributed by atoms with Crippen LogP contribution in [0.5, 0.6) is 11.8 Å². The molecule has 0 saturated heterocycles. The molecule has 0 aliphatic carbocycles. The van der Waals surface area contributed by atoms with Gasteiger partial charge in [0.25, 0.3) is 5.88 Å². The molecule has 4 rings (SSSR count). The molecule has 2 N–H and O–H groups in total. The zero-order valence-electron chi connectivity index (χ0n) is 19.2. The molecule has 3 aromatic rings. The van der Waals surface area contributed by atoms with E-state index in [0.717, 1.165) is 5.56 Å². The number of rotatable bonds is 2. The molecule has 3 heterocycles. The Bertz CT molecular complexity index is 1280. The number of nitrogens with two attached hydrogens (primary N) is 1. The number of Topliss-reactive ketones (excluding diaryl/α,β-unsaturated/α-hetero) is 1. The number of hydrogen-bond donors (Lipinski definition) is 1. The summed E-state index contributed by atoms with van der Waals surface area (Å²) in [6.45, 7) is 4.07. The van der Waals surface area contributed by atoms with Crippen LogP contribution in [0.2, 0.25) is 0 Å². The smallest absolute Gasteiger partial charge is 0.258 e. The molecule has 1 aliphatic heterocycles. The Morgan fingerprint density at radius 3 is 2.73 bits per heavy atom. The van der Waals surface area contributed by atoms with E-state index in [1.54, 1.807) is 13.1 Å². The van der Waals surface area contributed by atoms with E-state index in [1.807, 2.05) is 45.0 Å². The maximum atomic E-state index is 13.7. The number of aromatic nitrogens is 4. The molecule has 2 bridgehead atoms. The molecule has 10 heteroatoms. The molecular formula is C23H25N7O3. The summed E-state index contributed by atoms with van der Waals surface area (Å²) in [4.78, 5) is 24.3. The normalized spacial score (nSPS) is 17.7. The van der Waals surface area contributed by atoms with E-state index in [1.165, 1.54) is 10.9 Å². The van der Waals surface area contributed by atoms with Crippen molar-refractivity contribution in [2.45, 2.75) is 26.1 Å². The molecule has 170 valence electrons. The van der Waals surface area contributed by atoms with Crippen molar-refractivity contribution in [3.8, 4) is 29.1 Å². The van der Waals surface area contributed by atoms with Crippen molar-refractivity contribution in [3.05, 3.63) is 46.8 Å². The van der Waals surface area contributed by atoms with Gasteiger partial charge in [0, 0.05) is 24.7 Å². The molecule has 0 radical (unpaired) electrons. The number of nitriles is 1. The first-order valence-electron chi connectivity index (χ1n) is 10.4. The minimum Gasteiger partial charge on any atom is -0.467 e. The summed E-state index contributed by atoms with van der Waals surface area (Å²) in [5, 5.41) is 14.1. The Balaban J connectivity index is 1.99. The van der Waals surface area contributed by atoms with Crippen LogP contribution >= 0.6 is 0 Å². The van der Waals surface area contributed by atoms with E-state index in [9.17, 15) is 10.1 Å². The summed E-state index contributed by atoms with van der Waals surface area (Å²) in [5.74, 6) is 0.0941. The van der Waals surface area contributed by atoms with E-state index >= 15 is 0 Å². The van der Waals surface area contributed by atoms with Crippen molar-refractivity contribution >= 4 is 11.6 Å². The van der Waals surface area contributed by atoms with Crippen molar-refractivity contribution in [1.29, 1.82) is 5.26 Å². The van der Waals surface area contributed by atoms with Gasteiger partial charge in [0.15, 0.2) is 17.6 Å². The summed E-state index contributed by atoms with van der Waals surface area (Å²) in [6.07, 6.45) is 0.0120. The van der Waals surface area contributed by atoms with Gasteiger partial charge in [-0.25, -0.2) is 9.97 Å². The molecule has 0 spiro atoms. The molecule has 1 unspecified atom stereocenters. The molecule has 2 atom stereocenters. The van der Waals surface area contributed by atoms with E-state index in [2.05, 4.69) is 21.1 Å². The number of nitrogen functional groups attached to an aromatic ring is 1. The Kier molecular flexibility index (Phi) is 5.74. The van der Waals surface area contributed by atoms with Gasteiger partial charge in [-0.2, -0.15) is 5.26 Å². The number of likely N-dealkylation sites (N-methyl/N-ethyl adjacent to an activating group) is 1. The van der Waals surface area contributed by atoms with Crippen molar-refractivity contribution < 1.29 is 14.3 Å². The third-order valence-electron chi connectivity index (χ3n) is 5.42. The number of fused-ring (bicyclic) bond motifs is 5. The van der Waals surface area contributed by atoms with Gasteiger partial charge in [-0.3, -0.25) is 9.48 Å². The number of hydrogen-bond acceptors (Lipinski definition) is 9. The number of carbonyl (C=O) groups excluding carboxylic acids is 1. The zero-order chi connectivity index (χ0) is 23.9. The lowest BCUT2D eigenvalue weighted by Crippen LogP contribution is -2.38. The Hall–Kier alpha value is -3.97. The number of ketones is 1. The predicted molar refractivity (Wildman–Crippen MR) is 121 cm³/mol. The first-order valence-corrected chi connectivity index (χ1v) is 10.4. The maximum Gasteiger partial charge on any atom is 0.258 e. The number of benzene rings is 1. The fourth-order valence-electron chi connectivity index (χ4n) is 3.82. The van der Waals surface area contributed by atoms with Crippen LogP contribution in [0.1, 0.15) is 40.2 Å². The summed E-state index contributed by atoms with van der Waals surface area (Å²) in [7, 11) is 5.33. The van der Waals surface area contributed by atoms with E-state index in [-0.39, 0.29) is 29.1 Å². The fraction of sp³-hybridized carbons (Fsp3) is 0.348. The first-order chi connectivity index (χ1) is 15.7.